The molecule has 0 fully saturated rings. The molecule has 2 aromatic heterocycles. The summed E-state index contributed by atoms with van der Waals surface area (Å²) in [4.78, 5) is 30.3. The summed E-state index contributed by atoms with van der Waals surface area (Å²) in [7, 11) is 0. The van der Waals surface area contributed by atoms with E-state index in [4.69, 9.17) is 9.72 Å². The van der Waals surface area contributed by atoms with Crippen molar-refractivity contribution in [3.63, 3.8) is 0 Å². The summed E-state index contributed by atoms with van der Waals surface area (Å²) < 4.78 is 6.63. The van der Waals surface area contributed by atoms with Crippen molar-refractivity contribution in [2.24, 2.45) is 0 Å². The number of aliphatic hydroxyl groups excluding tert-OH is 1. The predicted octanol–water partition coefficient (Wildman–Crippen LogP) is 1.32. The number of esters is 1. The van der Waals surface area contributed by atoms with Crippen LogP contribution >= 0.6 is 0 Å². The van der Waals surface area contributed by atoms with Crippen molar-refractivity contribution in [3.8, 4) is 17.1 Å². The smallest absolute Gasteiger partial charge is 0.343 e. The van der Waals surface area contributed by atoms with E-state index in [2.05, 4.69) is 0 Å². The third-order valence-electron chi connectivity index (χ3n) is 6.10. The zero-order valence-corrected chi connectivity index (χ0v) is 16.3. The van der Waals surface area contributed by atoms with Gasteiger partial charge in [-0.2, -0.15) is 0 Å². The van der Waals surface area contributed by atoms with Crippen LogP contribution < -0.4 is 5.56 Å². The van der Waals surface area contributed by atoms with Crippen LogP contribution in [0.4, 0.5) is 0 Å². The molecule has 1 aromatic carbocycles. The van der Waals surface area contributed by atoms with Gasteiger partial charge in [-0.3, -0.25) is 4.79 Å². The number of aromatic nitrogens is 2. The van der Waals surface area contributed by atoms with Crippen molar-refractivity contribution in [1.82, 2.24) is 9.55 Å². The maximum Gasteiger partial charge on any atom is 0.343 e. The average Bonchev–Trinajstić information content (AvgIpc) is 3.09. The van der Waals surface area contributed by atoms with Crippen LogP contribution in [0.2, 0.25) is 0 Å². The number of phenolic OH excluding ortho intramolecular Hbond substituents is 1. The maximum absolute atomic E-state index is 13.3. The number of fused-ring (bicyclic) bond motifs is 5. The summed E-state index contributed by atoms with van der Waals surface area (Å²) in [6.07, 6.45) is 0.419. The number of aromatic hydroxyl groups is 1. The van der Waals surface area contributed by atoms with Crippen LogP contribution in [0, 0.1) is 0 Å². The lowest BCUT2D eigenvalue weighted by Gasteiger charge is -2.32. The molecule has 8 nitrogen and oxygen atoms in total. The van der Waals surface area contributed by atoms with Crippen molar-refractivity contribution in [1.29, 1.82) is 0 Å². The molecule has 2 aliphatic rings. The molecule has 3 aromatic rings. The molecule has 0 saturated carbocycles. The summed E-state index contributed by atoms with van der Waals surface area (Å²) in [6.45, 7) is 1.65. The van der Waals surface area contributed by atoms with Crippen LogP contribution in [-0.2, 0) is 34.7 Å². The van der Waals surface area contributed by atoms with E-state index in [1.807, 2.05) is 6.92 Å². The number of benzene rings is 1. The van der Waals surface area contributed by atoms with Crippen molar-refractivity contribution in [3.05, 3.63) is 56.9 Å². The van der Waals surface area contributed by atoms with E-state index in [9.17, 15) is 24.9 Å². The minimum atomic E-state index is -2.07. The number of nitrogens with zero attached hydrogens (tertiary/aromatic N) is 2. The highest BCUT2D eigenvalue weighted by Gasteiger charge is 2.46. The first kappa shape index (κ1) is 18.8. The summed E-state index contributed by atoms with van der Waals surface area (Å²) in [5, 5.41) is 31.1. The van der Waals surface area contributed by atoms with Gasteiger partial charge in [0.05, 0.1) is 29.0 Å². The molecule has 0 saturated heterocycles. The minimum absolute atomic E-state index is 0.145. The lowest BCUT2D eigenvalue weighted by atomic mass is 9.85. The second-order valence-corrected chi connectivity index (χ2v) is 7.70. The number of hydrogen-bond acceptors (Lipinski definition) is 7. The van der Waals surface area contributed by atoms with Gasteiger partial charge in [0, 0.05) is 29.5 Å². The Balaban J connectivity index is 1.81. The van der Waals surface area contributed by atoms with E-state index in [0.717, 1.165) is 16.5 Å². The summed E-state index contributed by atoms with van der Waals surface area (Å²) in [5.41, 5.74) is 1.66. The summed E-state index contributed by atoms with van der Waals surface area (Å²) in [6, 6.07) is 6.58. The Bertz CT molecular complexity index is 1300. The van der Waals surface area contributed by atoms with Crippen LogP contribution in [0.1, 0.15) is 35.6 Å². The molecule has 4 heterocycles. The first-order valence-corrected chi connectivity index (χ1v) is 9.81. The van der Waals surface area contributed by atoms with Gasteiger partial charge in [0.2, 0.25) is 0 Å². The molecule has 0 spiro atoms. The van der Waals surface area contributed by atoms with Crippen molar-refractivity contribution in [2.75, 3.05) is 6.61 Å². The Hall–Kier alpha value is -3.23. The topological polar surface area (TPSA) is 122 Å². The molecule has 0 bridgehead atoms. The molecular weight excluding hydrogens is 388 g/mol. The lowest BCUT2D eigenvalue weighted by molar-refractivity contribution is -0.173. The van der Waals surface area contributed by atoms with Crippen LogP contribution in [-0.4, -0.2) is 37.4 Å². The largest absolute Gasteiger partial charge is 0.508 e. The predicted molar refractivity (Wildman–Crippen MR) is 107 cm³/mol. The molecule has 2 aliphatic heterocycles. The Morgan fingerprint density at radius 2 is 2.03 bits per heavy atom. The van der Waals surface area contributed by atoms with Crippen LogP contribution in [0.25, 0.3) is 22.3 Å². The van der Waals surface area contributed by atoms with E-state index in [1.54, 1.807) is 28.8 Å². The number of pyridine rings is 2. The molecule has 0 radical (unpaired) electrons. The van der Waals surface area contributed by atoms with Crippen LogP contribution in [0.3, 0.4) is 0 Å². The lowest BCUT2D eigenvalue weighted by Crippen LogP contribution is -2.45. The molecular formula is C22H20N2O6. The number of aryl methyl sites for hydroxylation is 1. The number of cyclic esters (lactones) is 1. The van der Waals surface area contributed by atoms with E-state index in [1.165, 1.54) is 0 Å². The van der Waals surface area contributed by atoms with Gasteiger partial charge in [0.25, 0.3) is 5.56 Å². The van der Waals surface area contributed by atoms with E-state index in [0.29, 0.717) is 29.9 Å². The quantitative estimate of drug-likeness (QED) is 0.437. The van der Waals surface area contributed by atoms with Gasteiger partial charge in [-0.1, -0.05) is 6.92 Å². The summed E-state index contributed by atoms with van der Waals surface area (Å²) in [5.74, 6) is -0.727. The zero-order chi connectivity index (χ0) is 21.2. The Morgan fingerprint density at radius 1 is 1.23 bits per heavy atom. The number of rotatable bonds is 3. The highest BCUT2D eigenvalue weighted by molar-refractivity contribution is 5.89. The number of hydrogen-bond donors (Lipinski definition) is 3. The number of phenols is 1. The van der Waals surface area contributed by atoms with Crippen molar-refractivity contribution >= 4 is 16.9 Å². The standard InChI is InChI=1S/C22H20N2O6/c1-2-12-13-7-11(26)3-4-17(13)23-19-14(12)9-24-18(19)8-16-15(20(24)27)10-30-21(28)22(16,29)5-6-25/h3-4,7-8,25-26,29H,2,5-6,9-10H2,1H3/t22-/m0/s1. The fraction of sp³-hybridized carbons (Fsp3) is 0.318. The fourth-order valence-corrected chi connectivity index (χ4v) is 4.62. The normalized spacial score (nSPS) is 19.4. The Kier molecular flexibility index (Phi) is 4.00. The molecule has 0 amide bonds. The monoisotopic (exact) mass is 408 g/mol. The molecule has 8 heteroatoms. The minimum Gasteiger partial charge on any atom is -0.508 e. The van der Waals surface area contributed by atoms with Gasteiger partial charge in [0.15, 0.2) is 5.60 Å². The molecule has 1 atom stereocenters. The number of ether oxygens (including phenoxy) is 1. The van der Waals surface area contributed by atoms with Gasteiger partial charge in [-0.25, -0.2) is 9.78 Å². The van der Waals surface area contributed by atoms with Gasteiger partial charge in [-0.05, 0) is 36.2 Å². The van der Waals surface area contributed by atoms with Crippen LogP contribution in [0.15, 0.2) is 29.1 Å². The Morgan fingerprint density at radius 3 is 2.77 bits per heavy atom. The number of carbonyl (C=O) groups excluding carboxylic acids is 1. The second-order valence-electron chi connectivity index (χ2n) is 7.70. The average molecular weight is 408 g/mol. The van der Waals surface area contributed by atoms with E-state index < -0.39 is 18.2 Å². The molecule has 3 N–H and O–H groups in total. The van der Waals surface area contributed by atoms with Gasteiger partial charge >= 0.3 is 5.97 Å². The highest BCUT2D eigenvalue weighted by Crippen LogP contribution is 2.40. The van der Waals surface area contributed by atoms with Gasteiger partial charge in [0.1, 0.15) is 12.4 Å². The fourth-order valence-electron chi connectivity index (χ4n) is 4.62. The van der Waals surface area contributed by atoms with Gasteiger partial charge < -0.3 is 24.6 Å². The number of aliphatic hydroxyl groups is 2. The second kappa shape index (κ2) is 6.38. The Labute approximate surface area is 171 Å². The SMILES string of the molecule is CCc1c2c(nc3ccc(O)cc13)-c1cc3c(c(=O)n1C2)COC(=O)[C@]3(O)CCO. The van der Waals surface area contributed by atoms with Crippen molar-refractivity contribution in [2.45, 2.75) is 38.5 Å². The molecule has 0 unspecified atom stereocenters. The van der Waals surface area contributed by atoms with Crippen LogP contribution in [0.5, 0.6) is 5.75 Å². The number of carbonyl (C=O) groups is 1. The maximum atomic E-state index is 13.3. The van der Waals surface area contributed by atoms with Crippen molar-refractivity contribution < 1.29 is 24.9 Å². The third-order valence-corrected chi connectivity index (χ3v) is 6.10. The summed E-state index contributed by atoms with van der Waals surface area (Å²) >= 11 is 0. The van der Waals surface area contributed by atoms with E-state index in [-0.39, 0.29) is 35.5 Å². The highest BCUT2D eigenvalue weighted by atomic mass is 16.6. The first-order valence-electron chi connectivity index (χ1n) is 9.81. The zero-order valence-electron chi connectivity index (χ0n) is 16.3. The molecule has 0 aliphatic carbocycles. The third kappa shape index (κ3) is 2.37. The van der Waals surface area contributed by atoms with Gasteiger partial charge in [-0.15, -0.1) is 0 Å². The van der Waals surface area contributed by atoms with E-state index >= 15 is 0 Å². The molecule has 5 rings (SSSR count). The molecule has 30 heavy (non-hydrogen) atoms. The first-order chi connectivity index (χ1) is 14.4. The molecule has 154 valence electrons.